The van der Waals surface area contributed by atoms with Crippen LogP contribution < -0.4 is 4.90 Å². The lowest BCUT2D eigenvalue weighted by atomic mass is 10.1. The molecule has 0 aliphatic rings. The maximum absolute atomic E-state index is 12.7. The van der Waals surface area contributed by atoms with Gasteiger partial charge in [-0.25, -0.2) is 0 Å². The van der Waals surface area contributed by atoms with E-state index >= 15 is 0 Å². The number of benzene rings is 2. The zero-order chi connectivity index (χ0) is 17.2. The highest BCUT2D eigenvalue weighted by molar-refractivity contribution is 9.10. The maximum atomic E-state index is 12.7. The Morgan fingerprint density at radius 1 is 1.17 bits per heavy atom. The van der Waals surface area contributed by atoms with Gasteiger partial charge in [0.25, 0.3) is 0 Å². The highest BCUT2D eigenvalue weighted by Crippen LogP contribution is 2.30. The molecule has 0 N–H and O–H groups in total. The summed E-state index contributed by atoms with van der Waals surface area (Å²) >= 11 is 3.35. The molecule has 0 atom stereocenters. The number of aryl methyl sites for hydroxylation is 1. The van der Waals surface area contributed by atoms with Gasteiger partial charge < -0.3 is 4.90 Å². The summed E-state index contributed by atoms with van der Waals surface area (Å²) in [6, 6.07) is 10.3. The minimum atomic E-state index is -4.41. The predicted octanol–water partition coefficient (Wildman–Crippen LogP) is 4.98. The van der Waals surface area contributed by atoms with E-state index in [1.54, 1.807) is 13.1 Å². The second-order valence-electron chi connectivity index (χ2n) is 5.26. The summed E-state index contributed by atoms with van der Waals surface area (Å²) in [6.07, 6.45) is -4.50. The van der Waals surface area contributed by atoms with Crippen molar-refractivity contribution < 1.29 is 18.0 Å². The molecule has 0 aliphatic carbocycles. The summed E-state index contributed by atoms with van der Waals surface area (Å²) in [5.41, 5.74) is 1.22. The van der Waals surface area contributed by atoms with Crippen LogP contribution in [0.5, 0.6) is 0 Å². The normalized spacial score (nSPS) is 11.4. The van der Waals surface area contributed by atoms with Gasteiger partial charge in [-0.2, -0.15) is 13.2 Å². The molecule has 0 aliphatic heterocycles. The zero-order valence-corrected chi connectivity index (χ0v) is 14.2. The number of nitrogens with zero attached hydrogens (tertiary/aromatic N) is 1. The first-order chi connectivity index (χ1) is 10.7. The molecule has 6 heteroatoms. The molecule has 2 aromatic rings. The summed E-state index contributed by atoms with van der Waals surface area (Å²) in [7, 11) is 1.62. The summed E-state index contributed by atoms with van der Waals surface area (Å²) in [4.78, 5) is 13.8. The first-order valence-corrected chi connectivity index (χ1v) is 7.66. The standard InChI is InChI=1S/C17H15BrF3NO/c1-11-8-14(18)6-7-15(11)22(2)16(23)10-12-4-3-5-13(9-12)17(19,20)21/h3-9H,10H2,1-2H3. The SMILES string of the molecule is Cc1cc(Br)ccc1N(C)C(=O)Cc1cccc(C(F)(F)F)c1. The van der Waals surface area contributed by atoms with E-state index in [0.717, 1.165) is 27.9 Å². The molecule has 0 radical (unpaired) electrons. The molecule has 2 rings (SSSR count). The average molecular weight is 386 g/mol. The average Bonchev–Trinajstić information content (AvgIpc) is 2.46. The van der Waals surface area contributed by atoms with Gasteiger partial charge in [0.1, 0.15) is 0 Å². The van der Waals surface area contributed by atoms with Gasteiger partial charge in [-0.3, -0.25) is 4.79 Å². The van der Waals surface area contributed by atoms with E-state index < -0.39 is 11.7 Å². The van der Waals surface area contributed by atoms with Crippen LogP contribution in [0.2, 0.25) is 0 Å². The number of likely N-dealkylation sites (N-methyl/N-ethyl adjacent to an activating group) is 1. The van der Waals surface area contributed by atoms with Gasteiger partial charge >= 0.3 is 6.18 Å². The summed E-state index contributed by atoms with van der Waals surface area (Å²) in [5.74, 6) is -0.269. The third kappa shape index (κ3) is 4.34. The van der Waals surface area contributed by atoms with Crippen molar-refractivity contribution in [3.05, 3.63) is 63.6 Å². The third-order valence-electron chi connectivity index (χ3n) is 3.50. The van der Waals surface area contributed by atoms with Gasteiger partial charge in [0.15, 0.2) is 0 Å². The molecular weight excluding hydrogens is 371 g/mol. The van der Waals surface area contributed by atoms with Crippen molar-refractivity contribution in [2.75, 3.05) is 11.9 Å². The second kappa shape index (κ2) is 6.74. The predicted molar refractivity (Wildman–Crippen MR) is 87.4 cm³/mol. The Morgan fingerprint density at radius 2 is 1.87 bits per heavy atom. The summed E-state index contributed by atoms with van der Waals surface area (Å²) in [5, 5.41) is 0. The van der Waals surface area contributed by atoms with Crippen LogP contribution in [0.4, 0.5) is 18.9 Å². The van der Waals surface area contributed by atoms with Gasteiger partial charge in [0.05, 0.1) is 12.0 Å². The molecule has 0 fully saturated rings. The number of hydrogen-bond donors (Lipinski definition) is 0. The van der Waals surface area contributed by atoms with Crippen molar-refractivity contribution in [1.29, 1.82) is 0 Å². The van der Waals surface area contributed by atoms with E-state index in [1.165, 1.54) is 17.0 Å². The summed E-state index contributed by atoms with van der Waals surface area (Å²) < 4.78 is 39.1. The quantitative estimate of drug-likeness (QED) is 0.729. The minimum absolute atomic E-state index is 0.0874. The van der Waals surface area contributed by atoms with E-state index in [1.807, 2.05) is 19.1 Å². The number of anilines is 1. The fourth-order valence-corrected chi connectivity index (χ4v) is 2.76. The van der Waals surface area contributed by atoms with E-state index in [2.05, 4.69) is 15.9 Å². The van der Waals surface area contributed by atoms with E-state index in [9.17, 15) is 18.0 Å². The van der Waals surface area contributed by atoms with Gasteiger partial charge in [0, 0.05) is 17.2 Å². The number of hydrogen-bond acceptors (Lipinski definition) is 1. The number of halogens is 4. The highest BCUT2D eigenvalue weighted by atomic mass is 79.9. The Balaban J connectivity index is 2.18. The van der Waals surface area contributed by atoms with Gasteiger partial charge in [-0.05, 0) is 42.3 Å². The van der Waals surface area contributed by atoms with Gasteiger partial charge in [-0.15, -0.1) is 0 Å². The third-order valence-corrected chi connectivity index (χ3v) is 4.00. The second-order valence-corrected chi connectivity index (χ2v) is 6.17. The van der Waals surface area contributed by atoms with Crippen molar-refractivity contribution in [1.82, 2.24) is 0 Å². The molecule has 23 heavy (non-hydrogen) atoms. The highest BCUT2D eigenvalue weighted by Gasteiger charge is 2.30. The largest absolute Gasteiger partial charge is 0.416 e. The Bertz CT molecular complexity index is 728. The van der Waals surface area contributed by atoms with Crippen molar-refractivity contribution >= 4 is 27.5 Å². The van der Waals surface area contributed by atoms with Crippen LogP contribution in [-0.2, 0) is 17.4 Å². The molecule has 2 nitrogen and oxygen atoms in total. The molecule has 0 bridgehead atoms. The van der Waals surface area contributed by atoms with Crippen LogP contribution in [0.15, 0.2) is 46.9 Å². The molecule has 2 aromatic carbocycles. The van der Waals surface area contributed by atoms with Gasteiger partial charge in [-0.1, -0.05) is 34.1 Å². The molecule has 0 saturated carbocycles. The lowest BCUT2D eigenvalue weighted by Gasteiger charge is -2.20. The van der Waals surface area contributed by atoms with Gasteiger partial charge in [0.2, 0.25) is 5.91 Å². The molecule has 0 spiro atoms. The van der Waals surface area contributed by atoms with Crippen LogP contribution in [-0.4, -0.2) is 13.0 Å². The van der Waals surface area contributed by atoms with Crippen molar-refractivity contribution in [3.8, 4) is 0 Å². The summed E-state index contributed by atoms with van der Waals surface area (Å²) in [6.45, 7) is 1.87. The van der Waals surface area contributed by atoms with E-state index in [-0.39, 0.29) is 12.3 Å². The Hall–Kier alpha value is -1.82. The first-order valence-electron chi connectivity index (χ1n) is 6.87. The monoisotopic (exact) mass is 385 g/mol. The van der Waals surface area contributed by atoms with Crippen LogP contribution in [0, 0.1) is 6.92 Å². The minimum Gasteiger partial charge on any atom is -0.315 e. The Morgan fingerprint density at radius 3 is 2.48 bits per heavy atom. The number of carbonyl (C=O) groups excluding carboxylic acids is 1. The van der Waals surface area contributed by atoms with Crippen molar-refractivity contribution in [2.45, 2.75) is 19.5 Å². The molecule has 122 valence electrons. The van der Waals surface area contributed by atoms with Crippen molar-refractivity contribution in [2.24, 2.45) is 0 Å². The number of amides is 1. The van der Waals surface area contributed by atoms with E-state index in [4.69, 9.17) is 0 Å². The van der Waals surface area contributed by atoms with E-state index in [0.29, 0.717) is 5.56 Å². The van der Waals surface area contributed by atoms with Crippen LogP contribution in [0.1, 0.15) is 16.7 Å². The molecule has 0 unspecified atom stereocenters. The maximum Gasteiger partial charge on any atom is 0.416 e. The number of carbonyl (C=O) groups is 1. The fraction of sp³-hybridized carbons (Fsp3) is 0.235. The lowest BCUT2D eigenvalue weighted by Crippen LogP contribution is -2.28. The Kier molecular flexibility index (Phi) is 5.14. The topological polar surface area (TPSA) is 20.3 Å². The smallest absolute Gasteiger partial charge is 0.315 e. The molecule has 0 aromatic heterocycles. The fourth-order valence-electron chi connectivity index (χ4n) is 2.28. The van der Waals surface area contributed by atoms with Crippen molar-refractivity contribution in [3.63, 3.8) is 0 Å². The molecule has 0 heterocycles. The number of alkyl halides is 3. The zero-order valence-electron chi connectivity index (χ0n) is 12.6. The first kappa shape index (κ1) is 17.5. The van der Waals surface area contributed by atoms with Crippen LogP contribution in [0.3, 0.4) is 0 Å². The van der Waals surface area contributed by atoms with Crippen LogP contribution >= 0.6 is 15.9 Å². The number of rotatable bonds is 3. The lowest BCUT2D eigenvalue weighted by molar-refractivity contribution is -0.137. The molecule has 0 saturated heterocycles. The molecular formula is C17H15BrF3NO. The Labute approximate surface area is 141 Å². The molecule has 1 amide bonds. The van der Waals surface area contributed by atoms with Crippen LogP contribution in [0.25, 0.3) is 0 Å².